The van der Waals surface area contributed by atoms with Crippen molar-refractivity contribution in [3.63, 3.8) is 0 Å². The zero-order valence-electron chi connectivity index (χ0n) is 61.6. The predicted octanol–water partition coefficient (Wildman–Crippen LogP) is 29.6. The number of benzene rings is 18. The van der Waals surface area contributed by atoms with Crippen LogP contribution in [0.1, 0.15) is 0 Å². The standard InChI is InChI=1S/C108H64N6/c1-7-24-65(25-8-1)71-46-52-94-85(59-71)90-64-74(63-88-82-50-56-98-102(107(82)114(94)104(88)90)101-97(55-48-80-79-38-19-21-40-91(79)111(98)106(80)101)110(77-34-15-5-16-35-77)78-36-17-6-18-37-78)70-29-23-28-69(58-70)67-42-44-68(45-43-67)72-47-53-93-86(60-72)89-62-73(66-26-9-2-10-27-66)61-87-81-49-54-96-100(105(81)113(93)103(87)89)84-51-57-95(99-83-39-20-22-41-92(83)112(96)108(84)99)109(75-30-11-3-12-31-75)76-32-13-4-14-33-76/h1-64H. The molecule has 0 N–H and O–H groups in total. The first-order chi connectivity index (χ1) is 56.6. The smallest absolute Gasteiger partial charge is 0.0642 e. The molecule has 0 radical (unpaired) electrons. The average molecular weight is 1450 g/mol. The topological polar surface area (TPSA) is 24.1 Å². The Morgan fingerprint density at radius 2 is 0.447 bits per heavy atom. The number of hydrogen-bond donors (Lipinski definition) is 0. The Kier molecular flexibility index (Phi) is 12.5. The van der Waals surface area contributed by atoms with E-state index in [-0.39, 0.29) is 0 Å². The van der Waals surface area contributed by atoms with E-state index >= 15 is 0 Å². The van der Waals surface area contributed by atoms with Gasteiger partial charge in [-0.2, -0.15) is 0 Å². The lowest BCUT2D eigenvalue weighted by Gasteiger charge is -2.26. The molecule has 0 spiro atoms. The summed E-state index contributed by atoms with van der Waals surface area (Å²) in [4.78, 5) is 4.89. The fraction of sp³-hybridized carbons (Fsp3) is 0. The van der Waals surface area contributed by atoms with E-state index in [1.54, 1.807) is 0 Å². The van der Waals surface area contributed by atoms with Crippen LogP contribution in [0, 0.1) is 0 Å². The summed E-state index contributed by atoms with van der Waals surface area (Å²) >= 11 is 0. The van der Waals surface area contributed by atoms with Gasteiger partial charge in [0.2, 0.25) is 0 Å². The van der Waals surface area contributed by atoms with Crippen LogP contribution in [0.4, 0.5) is 34.1 Å². The lowest BCUT2D eigenvalue weighted by Crippen LogP contribution is -2.10. The Morgan fingerprint density at radius 3 is 0.965 bits per heavy atom. The summed E-state index contributed by atoms with van der Waals surface area (Å²) in [6.45, 7) is 0. The molecule has 8 aromatic heterocycles. The Hall–Kier alpha value is -15.2. The molecule has 0 aliphatic carbocycles. The van der Waals surface area contributed by atoms with Crippen LogP contribution in [0.2, 0.25) is 0 Å². The molecule has 0 aliphatic heterocycles. The number of fused-ring (bicyclic) bond motifs is 26. The number of para-hydroxylation sites is 6. The van der Waals surface area contributed by atoms with Gasteiger partial charge in [0.15, 0.2) is 0 Å². The first kappa shape index (κ1) is 61.6. The van der Waals surface area contributed by atoms with E-state index in [1.807, 2.05) is 0 Å². The Balaban J connectivity index is 0.635. The Bertz CT molecular complexity index is 8350. The molecule has 6 nitrogen and oxygen atoms in total. The summed E-state index contributed by atoms with van der Waals surface area (Å²) in [5, 5.41) is 19.9. The molecule has 114 heavy (non-hydrogen) atoms. The van der Waals surface area contributed by atoms with E-state index in [9.17, 15) is 0 Å². The minimum absolute atomic E-state index is 1.11. The molecule has 0 saturated heterocycles. The van der Waals surface area contributed by atoms with E-state index in [4.69, 9.17) is 0 Å². The van der Waals surface area contributed by atoms with Gasteiger partial charge in [-0.05, 0) is 201 Å². The lowest BCUT2D eigenvalue weighted by atomic mass is 9.94. The average Bonchev–Trinajstić information content (AvgIpc) is 1.51. The second-order valence-electron chi connectivity index (χ2n) is 31.0. The van der Waals surface area contributed by atoms with Crippen LogP contribution in [-0.2, 0) is 0 Å². The van der Waals surface area contributed by atoms with Crippen LogP contribution in [0.3, 0.4) is 0 Å². The number of aromatic nitrogens is 4. The molecule has 0 aliphatic rings. The van der Waals surface area contributed by atoms with E-state index < -0.39 is 0 Å². The monoisotopic (exact) mass is 1440 g/mol. The summed E-state index contributed by atoms with van der Waals surface area (Å²) in [7, 11) is 0. The van der Waals surface area contributed by atoms with Gasteiger partial charge in [-0.15, -0.1) is 0 Å². The van der Waals surface area contributed by atoms with Crippen molar-refractivity contribution in [2.45, 2.75) is 0 Å². The second kappa shape index (κ2) is 23.2. The van der Waals surface area contributed by atoms with Gasteiger partial charge in [0.1, 0.15) is 0 Å². The highest BCUT2D eigenvalue weighted by molar-refractivity contribution is 6.38. The van der Waals surface area contributed by atoms with Gasteiger partial charge >= 0.3 is 0 Å². The third-order valence-corrected chi connectivity index (χ3v) is 25.2. The summed E-state index contributed by atoms with van der Waals surface area (Å²) in [6.07, 6.45) is 0. The molecule has 0 atom stereocenters. The maximum Gasteiger partial charge on any atom is 0.0642 e. The van der Waals surface area contributed by atoms with Gasteiger partial charge in [-0.25, -0.2) is 0 Å². The lowest BCUT2D eigenvalue weighted by molar-refractivity contribution is 1.30. The molecule has 6 heteroatoms. The van der Waals surface area contributed by atoms with Gasteiger partial charge in [0, 0.05) is 109 Å². The van der Waals surface area contributed by atoms with E-state index in [2.05, 4.69) is 416 Å². The molecular weight excluding hydrogens is 1380 g/mol. The van der Waals surface area contributed by atoms with Crippen LogP contribution in [0.25, 0.3) is 208 Å². The fourth-order valence-electron chi connectivity index (χ4n) is 20.4. The first-order valence-corrected chi connectivity index (χ1v) is 39.5. The SMILES string of the molecule is c1ccc(-c2ccc3c(c2)c2cc(-c4cccc(-c5ccc(-c6ccc7c(c6)c6cc(-c8ccccc8)cc8c9ccc%10c(c%11ccc(N(c%12ccccc%12)c%12ccccc%12)c%12c%13ccccc%13n%10c%11%12)c9n7c68)cc5)c4)cc4c5ccc6c(c7c(N(c8ccccc8)c8ccccc8)ccc8c9ccccc9n6c87)c5n3c24)cc1. The van der Waals surface area contributed by atoms with Crippen molar-refractivity contribution in [2.75, 3.05) is 9.80 Å². The van der Waals surface area contributed by atoms with E-state index in [0.717, 1.165) is 34.1 Å². The van der Waals surface area contributed by atoms with Crippen molar-refractivity contribution in [1.29, 1.82) is 0 Å². The minimum atomic E-state index is 1.11. The molecule has 18 aromatic carbocycles. The molecule has 8 heterocycles. The molecule has 0 bridgehead atoms. The number of hydrogen-bond acceptors (Lipinski definition) is 2. The molecule has 526 valence electrons. The van der Waals surface area contributed by atoms with Gasteiger partial charge in [0.05, 0.1) is 77.6 Å². The summed E-state index contributed by atoms with van der Waals surface area (Å²) in [5.41, 5.74) is 33.2. The first-order valence-electron chi connectivity index (χ1n) is 39.5. The van der Waals surface area contributed by atoms with Crippen LogP contribution < -0.4 is 9.80 Å². The molecule has 0 fully saturated rings. The van der Waals surface area contributed by atoms with Crippen molar-refractivity contribution in [1.82, 2.24) is 17.6 Å². The number of nitrogens with zero attached hydrogens (tertiary/aromatic N) is 6. The van der Waals surface area contributed by atoms with Gasteiger partial charge < -0.3 is 27.4 Å². The third-order valence-electron chi connectivity index (χ3n) is 25.2. The van der Waals surface area contributed by atoms with Crippen molar-refractivity contribution in [3.8, 4) is 55.6 Å². The molecular formula is C108H64N6. The normalized spacial score (nSPS) is 12.4. The van der Waals surface area contributed by atoms with E-state index in [1.165, 1.54) is 208 Å². The van der Waals surface area contributed by atoms with E-state index in [0.29, 0.717) is 0 Å². The van der Waals surface area contributed by atoms with Gasteiger partial charge in [0.25, 0.3) is 0 Å². The molecule has 0 amide bonds. The zero-order valence-corrected chi connectivity index (χ0v) is 61.6. The molecule has 0 saturated carbocycles. The van der Waals surface area contributed by atoms with Crippen LogP contribution >= 0.6 is 0 Å². The van der Waals surface area contributed by atoms with Crippen LogP contribution in [0.5, 0.6) is 0 Å². The molecule has 0 unspecified atom stereocenters. The van der Waals surface area contributed by atoms with Crippen LogP contribution in [-0.4, -0.2) is 17.6 Å². The Morgan fingerprint density at radius 1 is 0.140 bits per heavy atom. The molecule has 26 aromatic rings. The number of rotatable bonds is 11. The number of anilines is 6. The Labute approximate surface area is 653 Å². The quantitative estimate of drug-likeness (QED) is 0.129. The van der Waals surface area contributed by atoms with Crippen molar-refractivity contribution < 1.29 is 0 Å². The van der Waals surface area contributed by atoms with Crippen LogP contribution in [0.15, 0.2) is 388 Å². The summed E-state index contributed by atoms with van der Waals surface area (Å²) < 4.78 is 10.3. The highest BCUT2D eigenvalue weighted by atomic mass is 15.2. The van der Waals surface area contributed by atoms with Crippen molar-refractivity contribution in [3.05, 3.63) is 388 Å². The van der Waals surface area contributed by atoms with Gasteiger partial charge in [-0.1, -0.05) is 243 Å². The van der Waals surface area contributed by atoms with Crippen molar-refractivity contribution in [2.24, 2.45) is 0 Å². The van der Waals surface area contributed by atoms with Gasteiger partial charge in [-0.3, -0.25) is 0 Å². The van der Waals surface area contributed by atoms with Crippen molar-refractivity contribution >= 4 is 187 Å². The summed E-state index contributed by atoms with van der Waals surface area (Å²) in [6, 6.07) is 145. The highest BCUT2D eigenvalue weighted by Gasteiger charge is 2.32. The second-order valence-corrected chi connectivity index (χ2v) is 31.0. The largest absolute Gasteiger partial charge is 0.310 e. The zero-order chi connectivity index (χ0) is 74.1. The highest BCUT2D eigenvalue weighted by Crippen LogP contribution is 2.55. The maximum absolute atomic E-state index is 2.62. The fourth-order valence-corrected chi connectivity index (χ4v) is 20.4. The maximum atomic E-state index is 2.62. The minimum Gasteiger partial charge on any atom is -0.310 e. The predicted molar refractivity (Wildman–Crippen MR) is 482 cm³/mol. The third kappa shape index (κ3) is 8.41. The molecule has 26 rings (SSSR count). The summed E-state index contributed by atoms with van der Waals surface area (Å²) in [5.74, 6) is 0.